The van der Waals surface area contributed by atoms with Gasteiger partial charge in [0.05, 0.1) is 0 Å². The molecule has 0 spiro atoms. The van der Waals surface area contributed by atoms with Gasteiger partial charge in [0.25, 0.3) is 5.91 Å². The fourth-order valence-electron chi connectivity index (χ4n) is 3.62. The van der Waals surface area contributed by atoms with Crippen molar-refractivity contribution in [2.75, 3.05) is 62.5 Å². The largest absolute Gasteiger partial charge is 0.421 e. The number of benzene rings is 1. The molecule has 40 heavy (non-hydrogen) atoms. The van der Waals surface area contributed by atoms with Crippen LogP contribution in [-0.2, 0) is 23.7 Å². The third-order valence-electron chi connectivity index (χ3n) is 6.05. The average Bonchev–Trinajstić information content (AvgIpc) is 2.90. The molecule has 2 aromatic heterocycles. The Morgan fingerprint density at radius 3 is 2.45 bits per heavy atom. The van der Waals surface area contributed by atoms with Gasteiger partial charge in [0.1, 0.15) is 28.2 Å². The number of carbonyl (C=O) groups excluding carboxylic acids is 1. The van der Waals surface area contributed by atoms with Crippen LogP contribution in [0.4, 0.5) is 36.4 Å². The van der Waals surface area contributed by atoms with Crippen LogP contribution in [0.1, 0.15) is 27.0 Å². The lowest BCUT2D eigenvalue weighted by molar-refractivity contribution is -0.137. The molecule has 0 aliphatic carbocycles. The quantitative estimate of drug-likeness (QED) is 0.353. The number of likely N-dealkylation sites (N-methyl/N-ethyl adjacent to an activating group) is 2. The molecular formula is C26H33F3N8O2S. The molecule has 3 aromatic rings. The molecule has 0 radical (unpaired) electrons. The van der Waals surface area contributed by atoms with Crippen LogP contribution < -0.4 is 14.9 Å². The summed E-state index contributed by atoms with van der Waals surface area (Å²) in [5, 5.41) is 5.69. The number of hydrogen-bond donors (Lipinski definition) is 2. The lowest BCUT2D eigenvalue weighted by atomic mass is 10.1. The predicted molar refractivity (Wildman–Crippen MR) is 151 cm³/mol. The number of aryl methyl sites for hydroxylation is 1. The summed E-state index contributed by atoms with van der Waals surface area (Å²) in [5.74, 6) is -0.342. The van der Waals surface area contributed by atoms with E-state index in [1.54, 1.807) is 56.3 Å². The van der Waals surface area contributed by atoms with Crippen LogP contribution >= 0.6 is 0 Å². The van der Waals surface area contributed by atoms with Crippen LogP contribution in [0.15, 0.2) is 42.7 Å². The minimum Gasteiger partial charge on any atom is -0.365 e. The molecule has 0 bridgehead atoms. The van der Waals surface area contributed by atoms with Crippen molar-refractivity contribution in [2.45, 2.75) is 19.6 Å². The van der Waals surface area contributed by atoms with Crippen LogP contribution in [0.5, 0.6) is 0 Å². The Morgan fingerprint density at radius 2 is 1.80 bits per heavy atom. The molecule has 2 N–H and O–H groups in total. The summed E-state index contributed by atoms with van der Waals surface area (Å²) < 4.78 is 54.7. The van der Waals surface area contributed by atoms with Crippen LogP contribution in [0, 0.1) is 6.92 Å². The third kappa shape index (κ3) is 7.88. The number of rotatable bonds is 11. The van der Waals surface area contributed by atoms with Gasteiger partial charge in [0, 0.05) is 69.2 Å². The predicted octanol–water partition coefficient (Wildman–Crippen LogP) is 3.92. The Balaban J connectivity index is 1.88. The standard InChI is InChI=1S/C26H33F3N8O2S/c1-17-9-10-18(24(38)36(4)13-12-35(2)3)14-21(17)33-25-32-16-20(26(27,28)29)22(34-25)31-15-19-8-7-11-30-23(19)37(5)40(6)39/h7-11,14,16H,12-13,15H2,1-6H3,(H2,31,32,33,34). The second kappa shape index (κ2) is 13.0. The Bertz CT molecular complexity index is 1370. The number of alkyl halides is 3. The second-order valence-electron chi connectivity index (χ2n) is 9.40. The van der Waals surface area contributed by atoms with Crippen molar-refractivity contribution in [3.05, 3.63) is 65.0 Å². The highest BCUT2D eigenvalue weighted by atomic mass is 32.2. The van der Waals surface area contributed by atoms with Gasteiger partial charge in [-0.1, -0.05) is 12.1 Å². The third-order valence-corrected chi connectivity index (χ3v) is 7.00. The SMILES string of the molecule is Cc1ccc(C(=O)N(C)CCN(C)C)cc1Nc1ncc(C(F)(F)F)c(NCc2cccnc2N(C)S(C)=O)n1. The van der Waals surface area contributed by atoms with Gasteiger partial charge in [-0.05, 0) is 44.8 Å². The summed E-state index contributed by atoms with van der Waals surface area (Å²) >= 11 is 0. The molecule has 1 aromatic carbocycles. The van der Waals surface area contributed by atoms with E-state index in [1.807, 2.05) is 19.0 Å². The van der Waals surface area contributed by atoms with Crippen LogP contribution in [0.3, 0.4) is 0 Å². The normalized spacial score (nSPS) is 12.2. The molecule has 1 unspecified atom stereocenters. The minimum absolute atomic E-state index is 0.0630. The first-order valence-corrected chi connectivity index (χ1v) is 13.8. The van der Waals surface area contributed by atoms with Gasteiger partial charge in [0.2, 0.25) is 5.95 Å². The number of hydrogen-bond acceptors (Lipinski definition) is 8. The highest BCUT2D eigenvalue weighted by Crippen LogP contribution is 2.35. The Kier molecular flexibility index (Phi) is 10.0. The molecule has 14 heteroatoms. The van der Waals surface area contributed by atoms with Gasteiger partial charge in [-0.25, -0.2) is 14.2 Å². The smallest absolute Gasteiger partial charge is 0.365 e. The zero-order valence-corrected chi connectivity index (χ0v) is 24.0. The van der Waals surface area contributed by atoms with E-state index in [9.17, 15) is 22.2 Å². The maximum absolute atomic E-state index is 13.8. The van der Waals surface area contributed by atoms with Crippen LogP contribution in [0.2, 0.25) is 0 Å². The number of aromatic nitrogens is 3. The van der Waals surface area contributed by atoms with Gasteiger partial charge >= 0.3 is 6.18 Å². The number of anilines is 4. The number of nitrogens with one attached hydrogen (secondary N) is 2. The van der Waals surface area contributed by atoms with Crippen molar-refractivity contribution in [1.82, 2.24) is 24.8 Å². The highest BCUT2D eigenvalue weighted by molar-refractivity contribution is 7.85. The second-order valence-corrected chi connectivity index (χ2v) is 10.8. The highest BCUT2D eigenvalue weighted by Gasteiger charge is 2.35. The van der Waals surface area contributed by atoms with Crippen molar-refractivity contribution in [2.24, 2.45) is 0 Å². The van der Waals surface area contributed by atoms with Gasteiger partial charge in [-0.15, -0.1) is 0 Å². The Hall–Kier alpha value is -3.78. The first-order valence-electron chi connectivity index (χ1n) is 12.2. The molecule has 0 saturated carbocycles. The molecule has 2 heterocycles. The molecule has 1 atom stereocenters. The fraction of sp³-hybridized carbons (Fsp3) is 0.385. The number of halogens is 3. The topological polar surface area (TPSA) is 107 Å². The van der Waals surface area contributed by atoms with Crippen molar-refractivity contribution in [3.63, 3.8) is 0 Å². The number of pyridine rings is 1. The van der Waals surface area contributed by atoms with Gasteiger partial charge in [-0.2, -0.15) is 18.2 Å². The van der Waals surface area contributed by atoms with Crippen LogP contribution in [0.25, 0.3) is 0 Å². The van der Waals surface area contributed by atoms with E-state index in [2.05, 4.69) is 25.6 Å². The van der Waals surface area contributed by atoms with Gasteiger partial charge < -0.3 is 20.4 Å². The molecule has 216 valence electrons. The van der Waals surface area contributed by atoms with E-state index in [1.165, 1.54) is 16.8 Å². The Morgan fingerprint density at radius 1 is 1.07 bits per heavy atom. The lowest BCUT2D eigenvalue weighted by Crippen LogP contribution is -2.33. The van der Waals surface area contributed by atoms with E-state index >= 15 is 0 Å². The van der Waals surface area contributed by atoms with Crippen LogP contribution in [-0.4, -0.2) is 82.4 Å². The monoisotopic (exact) mass is 578 g/mol. The van der Waals surface area contributed by atoms with E-state index in [-0.39, 0.29) is 18.4 Å². The Labute approximate surface area is 234 Å². The molecule has 0 fully saturated rings. The minimum atomic E-state index is -4.71. The maximum atomic E-state index is 13.8. The maximum Gasteiger partial charge on any atom is 0.421 e. The van der Waals surface area contributed by atoms with E-state index in [4.69, 9.17) is 0 Å². The molecule has 1 amide bonds. The van der Waals surface area contributed by atoms with E-state index in [0.29, 0.717) is 41.9 Å². The molecular weight excluding hydrogens is 545 g/mol. The average molecular weight is 579 g/mol. The lowest BCUT2D eigenvalue weighted by Gasteiger charge is -2.20. The van der Waals surface area contributed by atoms with Gasteiger partial charge in [-0.3, -0.25) is 9.10 Å². The number of nitrogens with zero attached hydrogens (tertiary/aromatic N) is 6. The summed E-state index contributed by atoms with van der Waals surface area (Å²) in [7, 11) is 5.74. The molecule has 0 aliphatic rings. The first-order chi connectivity index (χ1) is 18.8. The summed E-state index contributed by atoms with van der Waals surface area (Å²) in [5.41, 5.74) is 1.14. The summed E-state index contributed by atoms with van der Waals surface area (Å²) in [6, 6.07) is 8.38. The van der Waals surface area contributed by atoms with Gasteiger partial charge in [0.15, 0.2) is 0 Å². The van der Waals surface area contributed by atoms with Crippen molar-refractivity contribution in [1.29, 1.82) is 0 Å². The summed E-state index contributed by atoms with van der Waals surface area (Å²) in [4.78, 5) is 28.7. The van der Waals surface area contributed by atoms with E-state index < -0.39 is 28.5 Å². The van der Waals surface area contributed by atoms with Crippen molar-refractivity contribution in [3.8, 4) is 0 Å². The zero-order valence-electron chi connectivity index (χ0n) is 23.2. The first kappa shape index (κ1) is 30.8. The van der Waals surface area contributed by atoms with E-state index in [0.717, 1.165) is 5.56 Å². The van der Waals surface area contributed by atoms with Crippen molar-refractivity contribution < 1.29 is 22.2 Å². The number of amides is 1. The zero-order chi connectivity index (χ0) is 29.6. The van der Waals surface area contributed by atoms with Crippen molar-refractivity contribution >= 4 is 40.2 Å². The number of carbonyl (C=O) groups is 1. The summed E-state index contributed by atoms with van der Waals surface area (Å²) in [6.07, 6.45) is -1.02. The molecule has 0 saturated heterocycles. The summed E-state index contributed by atoms with van der Waals surface area (Å²) in [6.45, 7) is 2.96. The molecule has 10 nitrogen and oxygen atoms in total. The molecule has 0 aliphatic heterocycles. The molecule has 3 rings (SSSR count). The fourth-order valence-corrected chi connectivity index (χ4v) is 4.03.